The molecule has 0 bridgehead atoms. The Morgan fingerprint density at radius 1 is 0.977 bits per heavy atom. The molecule has 6 N–H and O–H groups in total. The summed E-state index contributed by atoms with van der Waals surface area (Å²) in [6, 6.07) is 3.64. The minimum Gasteiger partial charge on any atom is -0.491 e. The normalized spacial score (nSPS) is 11.6. The highest BCUT2D eigenvalue weighted by Gasteiger charge is 2.16. The summed E-state index contributed by atoms with van der Waals surface area (Å²) in [6.07, 6.45) is 16.1. The average molecular weight is 743 g/mol. The van der Waals surface area contributed by atoms with Crippen molar-refractivity contribution < 1.29 is 19.5 Å². The fourth-order valence-electron chi connectivity index (χ4n) is 4.76. The quantitative estimate of drug-likeness (QED) is 0.0355. The zero-order chi connectivity index (χ0) is 32.2. The largest absolute Gasteiger partial charge is 0.491 e. The summed E-state index contributed by atoms with van der Waals surface area (Å²) in [5, 5.41) is 18.3. The molecule has 12 heteroatoms. The van der Waals surface area contributed by atoms with Gasteiger partial charge in [-0.1, -0.05) is 76.8 Å². The summed E-state index contributed by atoms with van der Waals surface area (Å²) in [5.74, 6) is 1.39. The van der Waals surface area contributed by atoms with Crippen molar-refractivity contribution in [3.05, 3.63) is 38.5 Å². The molecule has 1 heterocycles. The van der Waals surface area contributed by atoms with Crippen LogP contribution in [0.25, 0.3) is 0 Å². The fourth-order valence-corrected chi connectivity index (χ4v) is 6.27. The average Bonchev–Trinajstić information content (AvgIpc) is 3.39. The third-order valence-electron chi connectivity index (χ3n) is 7.22. The Hall–Kier alpha value is -2.60. The van der Waals surface area contributed by atoms with Gasteiger partial charge in [-0.3, -0.25) is 9.59 Å². The lowest BCUT2D eigenvalue weighted by Gasteiger charge is -2.13. The van der Waals surface area contributed by atoms with Gasteiger partial charge >= 0.3 is 0 Å². The number of benzene rings is 1. The molecule has 0 aliphatic carbocycles. The predicted octanol–water partition coefficient (Wildman–Crippen LogP) is 7.08. The van der Waals surface area contributed by atoms with Crippen molar-refractivity contribution in [1.82, 2.24) is 20.6 Å². The second-order valence-corrected chi connectivity index (χ2v) is 13.3. The van der Waals surface area contributed by atoms with E-state index in [-0.39, 0.29) is 18.0 Å². The second-order valence-electron chi connectivity index (χ2n) is 11.6. The minimum absolute atomic E-state index is 0.0137. The number of nitrogen functional groups attached to an aromatic ring is 1. The van der Waals surface area contributed by atoms with Crippen LogP contribution in [0.5, 0.6) is 5.75 Å². The Labute approximate surface area is 279 Å². The van der Waals surface area contributed by atoms with E-state index >= 15 is 0 Å². The van der Waals surface area contributed by atoms with E-state index in [2.05, 4.69) is 71.5 Å². The number of nitrogens with one attached hydrogen (secondary N) is 3. The van der Waals surface area contributed by atoms with E-state index in [1.165, 1.54) is 51.4 Å². The van der Waals surface area contributed by atoms with Gasteiger partial charge in [0.05, 0.1) is 21.7 Å². The lowest BCUT2D eigenvalue weighted by molar-refractivity contribution is -0.121. The lowest BCUT2D eigenvalue weighted by Crippen LogP contribution is -2.33. The molecule has 1 aromatic heterocycles. The molecule has 0 aliphatic heterocycles. The number of imidazole rings is 1. The molecule has 0 fully saturated rings. The van der Waals surface area contributed by atoms with Crippen LogP contribution in [0, 0.1) is 5.92 Å². The van der Waals surface area contributed by atoms with E-state index in [1.807, 2.05) is 12.1 Å². The van der Waals surface area contributed by atoms with E-state index in [4.69, 9.17) is 10.5 Å². The molecule has 2 rings (SSSR count). The molecule has 1 aromatic carbocycles. The maximum atomic E-state index is 12.5. The molecule has 0 spiro atoms. The zero-order valence-electron chi connectivity index (χ0n) is 26.2. The number of carbonyl (C=O) groups excluding carboxylic acids is 2. The number of anilines is 1. The van der Waals surface area contributed by atoms with Gasteiger partial charge in [0.25, 0.3) is 5.91 Å². The standard InChI is InChI=1S/C32H50Br2N6O4/c1-23(2)13-10-8-6-4-3-5-7-9-11-14-29(41)36-16-12-18-44-30-26(33)19-24(20-27(30)34)21-28(40-43)31(42)37-17-15-25-22-38-32(35)39-25/h19-20,22-23,43H,3-18,21H2,1-2H3,(H,36,41)(H,37,42)(H3,35,38,39). The lowest BCUT2D eigenvalue weighted by atomic mass is 10.0. The van der Waals surface area contributed by atoms with E-state index in [0.717, 1.165) is 30.0 Å². The van der Waals surface area contributed by atoms with Crippen molar-refractivity contribution >= 4 is 55.3 Å². The van der Waals surface area contributed by atoms with Gasteiger partial charge < -0.3 is 31.3 Å². The third kappa shape index (κ3) is 15.9. The molecule has 0 saturated carbocycles. The summed E-state index contributed by atoms with van der Waals surface area (Å²) in [6.45, 7) is 5.91. The molecule has 0 unspecified atom stereocenters. The molecule has 0 aliphatic rings. The Balaban J connectivity index is 1.58. The van der Waals surface area contributed by atoms with Gasteiger partial charge in [-0.15, -0.1) is 0 Å². The monoisotopic (exact) mass is 740 g/mol. The van der Waals surface area contributed by atoms with Crippen LogP contribution in [0.4, 0.5) is 5.95 Å². The number of unbranched alkanes of at least 4 members (excludes halogenated alkanes) is 8. The van der Waals surface area contributed by atoms with Gasteiger partial charge in [-0.25, -0.2) is 4.98 Å². The number of amides is 2. The summed E-state index contributed by atoms with van der Waals surface area (Å²) in [5.41, 5.74) is 7.10. The van der Waals surface area contributed by atoms with Crippen LogP contribution in [0.15, 0.2) is 32.4 Å². The highest BCUT2D eigenvalue weighted by atomic mass is 79.9. The molecule has 0 atom stereocenters. The number of carbonyl (C=O) groups is 2. The first kappa shape index (κ1) is 37.6. The number of ether oxygens (including phenoxy) is 1. The number of hydrogen-bond acceptors (Lipinski definition) is 7. The number of nitrogens with zero attached hydrogens (tertiary/aromatic N) is 2. The summed E-state index contributed by atoms with van der Waals surface area (Å²) in [7, 11) is 0. The van der Waals surface area contributed by atoms with Gasteiger partial charge in [0.15, 0.2) is 5.95 Å². The minimum atomic E-state index is -0.465. The maximum absolute atomic E-state index is 12.5. The summed E-state index contributed by atoms with van der Waals surface area (Å²) < 4.78 is 7.34. The van der Waals surface area contributed by atoms with Crippen molar-refractivity contribution in [3.8, 4) is 5.75 Å². The molecular weight excluding hydrogens is 692 g/mol. The van der Waals surface area contributed by atoms with Crippen LogP contribution in [-0.2, 0) is 22.4 Å². The summed E-state index contributed by atoms with van der Waals surface area (Å²) in [4.78, 5) is 31.5. The van der Waals surface area contributed by atoms with Crippen LogP contribution in [0.1, 0.15) is 102 Å². The predicted molar refractivity (Wildman–Crippen MR) is 183 cm³/mol. The van der Waals surface area contributed by atoms with E-state index in [0.29, 0.717) is 59.6 Å². The van der Waals surface area contributed by atoms with Crippen molar-refractivity contribution in [2.24, 2.45) is 11.1 Å². The van der Waals surface area contributed by atoms with Gasteiger partial charge in [-0.2, -0.15) is 0 Å². The number of aromatic nitrogens is 2. The first-order valence-electron chi connectivity index (χ1n) is 15.9. The molecular formula is C32H50Br2N6O4. The number of rotatable bonds is 23. The summed E-state index contributed by atoms with van der Waals surface area (Å²) >= 11 is 7.06. The molecule has 44 heavy (non-hydrogen) atoms. The fraction of sp³-hybridized carbons (Fsp3) is 0.625. The van der Waals surface area contributed by atoms with Crippen LogP contribution < -0.4 is 21.1 Å². The van der Waals surface area contributed by atoms with Crippen molar-refractivity contribution in [3.63, 3.8) is 0 Å². The maximum Gasteiger partial charge on any atom is 0.269 e. The van der Waals surface area contributed by atoms with Crippen molar-refractivity contribution in [2.75, 3.05) is 25.4 Å². The Morgan fingerprint density at radius 3 is 2.20 bits per heavy atom. The first-order valence-corrected chi connectivity index (χ1v) is 17.4. The topological polar surface area (TPSA) is 155 Å². The number of aromatic amines is 1. The Bertz CT molecular complexity index is 1150. The number of halogens is 2. The van der Waals surface area contributed by atoms with Gasteiger partial charge in [0.1, 0.15) is 11.5 Å². The molecule has 2 amide bonds. The van der Waals surface area contributed by atoms with Gasteiger partial charge in [0.2, 0.25) is 5.91 Å². The Kier molecular flexibility index (Phi) is 18.8. The number of hydrogen-bond donors (Lipinski definition) is 5. The smallest absolute Gasteiger partial charge is 0.269 e. The van der Waals surface area contributed by atoms with E-state index in [9.17, 15) is 14.8 Å². The molecule has 0 saturated heterocycles. The third-order valence-corrected chi connectivity index (χ3v) is 8.39. The van der Waals surface area contributed by atoms with E-state index < -0.39 is 5.91 Å². The Morgan fingerprint density at radius 2 is 1.61 bits per heavy atom. The van der Waals surface area contributed by atoms with E-state index in [1.54, 1.807) is 6.20 Å². The highest BCUT2D eigenvalue weighted by molar-refractivity contribution is 9.11. The molecule has 10 nitrogen and oxygen atoms in total. The van der Waals surface area contributed by atoms with Crippen LogP contribution in [0.3, 0.4) is 0 Å². The first-order chi connectivity index (χ1) is 21.2. The molecule has 2 aromatic rings. The van der Waals surface area contributed by atoms with Crippen LogP contribution >= 0.6 is 31.9 Å². The number of oxime groups is 1. The number of nitrogens with two attached hydrogens (primary N) is 1. The van der Waals surface area contributed by atoms with Crippen molar-refractivity contribution in [2.45, 2.75) is 104 Å². The molecule has 0 radical (unpaired) electrons. The zero-order valence-corrected chi connectivity index (χ0v) is 29.4. The highest BCUT2D eigenvalue weighted by Crippen LogP contribution is 2.35. The second kappa shape index (κ2) is 22.0. The molecule has 246 valence electrons. The van der Waals surface area contributed by atoms with Crippen molar-refractivity contribution in [1.29, 1.82) is 0 Å². The SMILES string of the molecule is CC(C)CCCCCCCCCCCC(=O)NCCCOc1c(Br)cc(CC(=NO)C(=O)NCCc2cnc(N)[nH]2)cc1Br. The van der Waals surface area contributed by atoms with Gasteiger partial charge in [-0.05, 0) is 68.3 Å². The van der Waals surface area contributed by atoms with Crippen LogP contribution in [-0.4, -0.2) is 52.4 Å². The van der Waals surface area contributed by atoms with Gasteiger partial charge in [0, 0.05) is 38.0 Å². The number of H-pyrrole nitrogens is 1. The van der Waals surface area contributed by atoms with Crippen LogP contribution in [0.2, 0.25) is 0 Å².